The largest absolute Gasteiger partial charge is 0.369 e. The number of fused-ring (bicyclic) bond motifs is 1. The van der Waals surface area contributed by atoms with Crippen molar-refractivity contribution < 1.29 is 9.85 Å². The van der Waals surface area contributed by atoms with Crippen molar-refractivity contribution in [2.45, 2.75) is 38.6 Å². The summed E-state index contributed by atoms with van der Waals surface area (Å²) in [4.78, 5) is 22.9. The molecule has 10 heteroatoms. The van der Waals surface area contributed by atoms with Crippen molar-refractivity contribution in [3.63, 3.8) is 0 Å². The molecule has 1 aliphatic rings. The van der Waals surface area contributed by atoms with E-state index in [1.54, 1.807) is 0 Å². The van der Waals surface area contributed by atoms with Crippen LogP contribution in [0.4, 0.5) is 22.7 Å². The van der Waals surface area contributed by atoms with Crippen molar-refractivity contribution in [2.75, 3.05) is 17.4 Å². The molecule has 2 aromatic rings. The zero-order chi connectivity index (χ0) is 22.2. The molecule has 0 radical (unpaired) electrons. The summed E-state index contributed by atoms with van der Waals surface area (Å²) in [6.45, 7) is 6.55. The van der Waals surface area contributed by atoms with Crippen molar-refractivity contribution in [3.8, 4) is 0 Å². The van der Waals surface area contributed by atoms with E-state index in [0.29, 0.717) is 16.5 Å². The number of nitrogens with zero attached hydrogens (tertiary/aromatic N) is 4. The second-order valence-electron chi connectivity index (χ2n) is 7.99. The van der Waals surface area contributed by atoms with Crippen LogP contribution in [-0.2, 0) is 0 Å². The third-order valence-corrected chi connectivity index (χ3v) is 5.86. The second kappa shape index (κ2) is 7.91. The number of nitrogens with one attached hydrogen (secondary N) is 1. The number of nitro groups is 2. The van der Waals surface area contributed by atoms with Gasteiger partial charge in [-0.3, -0.25) is 25.7 Å². The van der Waals surface area contributed by atoms with Gasteiger partial charge in [-0.25, -0.2) is 0 Å². The number of halogens is 1. The fourth-order valence-electron chi connectivity index (χ4n) is 3.75. The summed E-state index contributed by atoms with van der Waals surface area (Å²) in [6.07, 6.45) is 2.47. The number of hydrogen-bond donors (Lipinski definition) is 1. The molecule has 3 rings (SSSR count). The predicted molar refractivity (Wildman–Crippen MR) is 118 cm³/mol. The first kappa shape index (κ1) is 21.5. The average molecular weight is 432 g/mol. The number of hydrogen-bond acceptors (Lipinski definition) is 7. The van der Waals surface area contributed by atoms with Crippen LogP contribution >= 0.6 is 11.6 Å². The molecule has 30 heavy (non-hydrogen) atoms. The lowest BCUT2D eigenvalue weighted by Gasteiger charge is -2.45. The summed E-state index contributed by atoms with van der Waals surface area (Å²) in [5.74, 6) is 0.333. The van der Waals surface area contributed by atoms with Crippen LogP contribution in [0, 0.1) is 20.2 Å². The van der Waals surface area contributed by atoms with Gasteiger partial charge in [-0.1, -0.05) is 18.5 Å². The van der Waals surface area contributed by atoms with Crippen LogP contribution in [0.15, 0.2) is 35.4 Å². The highest BCUT2D eigenvalue weighted by Gasteiger charge is 2.34. The van der Waals surface area contributed by atoms with Crippen LogP contribution in [0.5, 0.6) is 0 Å². The van der Waals surface area contributed by atoms with Crippen molar-refractivity contribution in [2.24, 2.45) is 5.10 Å². The maximum atomic E-state index is 11.2. The van der Waals surface area contributed by atoms with Crippen LogP contribution in [0.3, 0.4) is 0 Å². The molecule has 0 saturated carbocycles. The Hall–Kier alpha value is -3.20. The van der Waals surface area contributed by atoms with E-state index in [-0.39, 0.29) is 16.9 Å². The summed E-state index contributed by atoms with van der Waals surface area (Å²) < 4.78 is 0. The Kier molecular flexibility index (Phi) is 5.67. The van der Waals surface area contributed by atoms with Crippen LogP contribution in [-0.4, -0.2) is 28.6 Å². The third-order valence-electron chi connectivity index (χ3n) is 5.53. The minimum atomic E-state index is -0.698. The molecule has 1 unspecified atom stereocenters. The fourth-order valence-corrected chi connectivity index (χ4v) is 3.96. The van der Waals surface area contributed by atoms with Gasteiger partial charge in [0.25, 0.3) is 5.69 Å². The summed E-state index contributed by atoms with van der Waals surface area (Å²) in [5, 5.41) is 26.6. The molecule has 158 valence electrons. The van der Waals surface area contributed by atoms with E-state index in [0.717, 1.165) is 23.7 Å². The van der Waals surface area contributed by atoms with Crippen LogP contribution in [0.25, 0.3) is 0 Å². The number of benzene rings is 2. The van der Waals surface area contributed by atoms with Crippen molar-refractivity contribution in [1.82, 2.24) is 0 Å². The van der Waals surface area contributed by atoms with Crippen molar-refractivity contribution >= 4 is 40.6 Å². The fraction of sp³-hybridized carbons (Fsp3) is 0.350. The van der Waals surface area contributed by atoms with Crippen molar-refractivity contribution in [3.05, 3.63) is 66.7 Å². The van der Waals surface area contributed by atoms with E-state index < -0.39 is 15.5 Å². The second-order valence-corrected chi connectivity index (χ2v) is 8.40. The topological polar surface area (TPSA) is 114 Å². The number of anilines is 2. The SMILES string of the molecule is CC1CC(C)(C)N(C)c2cc(Cl)c(/C=N\Nc3ccc([N+](=O)[O-])cc3[N+](=O)[O-])cc21. The maximum absolute atomic E-state index is 11.2. The maximum Gasteiger partial charge on any atom is 0.301 e. The first-order valence-electron chi connectivity index (χ1n) is 9.30. The van der Waals surface area contributed by atoms with E-state index in [9.17, 15) is 20.2 Å². The molecule has 0 amide bonds. The Balaban J connectivity index is 1.89. The number of hydrazone groups is 1. The zero-order valence-corrected chi connectivity index (χ0v) is 17.8. The minimum Gasteiger partial charge on any atom is -0.369 e. The van der Waals surface area contributed by atoms with E-state index in [1.165, 1.54) is 18.3 Å². The van der Waals surface area contributed by atoms with Gasteiger partial charge in [0.05, 0.1) is 27.2 Å². The lowest BCUT2D eigenvalue weighted by molar-refractivity contribution is -0.393. The van der Waals surface area contributed by atoms with Gasteiger partial charge in [0.2, 0.25) is 0 Å². The first-order chi connectivity index (χ1) is 14.0. The quantitative estimate of drug-likeness (QED) is 0.389. The number of non-ortho nitro benzene ring substituents is 1. The van der Waals surface area contributed by atoms with E-state index >= 15 is 0 Å². The molecule has 0 fully saturated rings. The highest BCUT2D eigenvalue weighted by molar-refractivity contribution is 6.33. The van der Waals surface area contributed by atoms with E-state index in [1.807, 2.05) is 19.2 Å². The summed E-state index contributed by atoms with van der Waals surface area (Å²) in [5.41, 5.74) is 4.75. The Morgan fingerprint density at radius 3 is 2.57 bits per heavy atom. The molecular formula is C20H22ClN5O4. The van der Waals surface area contributed by atoms with Crippen LogP contribution in [0.1, 0.15) is 44.2 Å². The summed E-state index contributed by atoms with van der Waals surface area (Å²) in [6, 6.07) is 7.20. The highest BCUT2D eigenvalue weighted by atomic mass is 35.5. The third kappa shape index (κ3) is 4.06. The van der Waals surface area contributed by atoms with Gasteiger partial charge in [0.1, 0.15) is 5.69 Å². The Labute approximate surface area is 178 Å². The minimum absolute atomic E-state index is 0.0156. The molecule has 0 spiro atoms. The molecule has 1 heterocycles. The molecule has 1 N–H and O–H groups in total. The Morgan fingerprint density at radius 2 is 1.93 bits per heavy atom. The molecule has 1 aliphatic heterocycles. The van der Waals surface area contributed by atoms with Gasteiger partial charge in [-0.2, -0.15) is 5.10 Å². The van der Waals surface area contributed by atoms with Crippen molar-refractivity contribution in [1.29, 1.82) is 0 Å². The lowest BCUT2D eigenvalue weighted by Crippen LogP contribution is -2.45. The monoisotopic (exact) mass is 431 g/mol. The summed E-state index contributed by atoms with van der Waals surface area (Å²) in [7, 11) is 2.05. The smallest absolute Gasteiger partial charge is 0.301 e. The van der Waals surface area contributed by atoms with Crippen LogP contribution in [0.2, 0.25) is 5.02 Å². The molecular weight excluding hydrogens is 410 g/mol. The van der Waals surface area contributed by atoms with Crippen LogP contribution < -0.4 is 10.3 Å². The average Bonchev–Trinajstić information content (AvgIpc) is 2.66. The Bertz CT molecular complexity index is 1050. The lowest BCUT2D eigenvalue weighted by atomic mass is 9.80. The van der Waals surface area contributed by atoms with E-state index in [2.05, 4.69) is 36.2 Å². The van der Waals surface area contributed by atoms with Gasteiger partial charge in [-0.05, 0) is 49.9 Å². The van der Waals surface area contributed by atoms with Gasteiger partial charge in [-0.15, -0.1) is 0 Å². The molecule has 0 bridgehead atoms. The molecule has 0 aromatic heterocycles. The Morgan fingerprint density at radius 1 is 1.23 bits per heavy atom. The van der Waals surface area contributed by atoms with E-state index in [4.69, 9.17) is 11.6 Å². The zero-order valence-electron chi connectivity index (χ0n) is 17.0. The molecule has 9 nitrogen and oxygen atoms in total. The number of nitro benzene ring substituents is 2. The van der Waals surface area contributed by atoms with Gasteiger partial charge >= 0.3 is 5.69 Å². The molecule has 0 saturated heterocycles. The molecule has 1 atom stereocenters. The standard InChI is InChI=1S/C20H22ClN5O4/c1-12-10-20(2,3)24(4)18-9-16(21)13(7-15(12)18)11-22-23-17-6-5-14(25(27)28)8-19(17)26(29)30/h5-9,11-12,23H,10H2,1-4H3/b22-11-. The molecule has 2 aromatic carbocycles. The first-order valence-corrected chi connectivity index (χ1v) is 9.68. The highest BCUT2D eigenvalue weighted by Crippen LogP contribution is 2.44. The van der Waals surface area contributed by atoms with Gasteiger partial charge in [0.15, 0.2) is 0 Å². The molecule has 0 aliphatic carbocycles. The van der Waals surface area contributed by atoms with Gasteiger partial charge < -0.3 is 4.90 Å². The number of rotatable bonds is 5. The van der Waals surface area contributed by atoms with Gasteiger partial charge in [0, 0.05) is 29.9 Å². The summed E-state index contributed by atoms with van der Waals surface area (Å²) >= 11 is 6.46. The predicted octanol–water partition coefficient (Wildman–Crippen LogP) is 5.32. The normalized spacial score (nSPS) is 17.6.